The van der Waals surface area contributed by atoms with Gasteiger partial charge in [-0.15, -0.1) is 0 Å². The predicted molar refractivity (Wildman–Crippen MR) is 127 cm³/mol. The van der Waals surface area contributed by atoms with E-state index in [0.717, 1.165) is 0 Å². The van der Waals surface area contributed by atoms with E-state index in [0.29, 0.717) is 17.0 Å². The molecule has 0 saturated carbocycles. The van der Waals surface area contributed by atoms with Gasteiger partial charge in [0.1, 0.15) is 16.4 Å². The Morgan fingerprint density at radius 3 is 2.33 bits per heavy atom. The third-order valence-electron chi connectivity index (χ3n) is 4.50. The molecule has 0 aliphatic carbocycles. The van der Waals surface area contributed by atoms with Crippen molar-refractivity contribution in [1.29, 1.82) is 0 Å². The number of hydrogen-bond donors (Lipinski definition) is 3. The first-order chi connectivity index (χ1) is 15.8. The quantitative estimate of drug-likeness (QED) is 0.402. The Kier molecular flexibility index (Phi) is 7.91. The van der Waals surface area contributed by atoms with E-state index in [4.69, 9.17) is 9.47 Å². The average Bonchev–Trinajstić information content (AvgIpc) is 3.34. The number of rotatable bonds is 10. The number of ether oxygens (including phenoxy) is 2. The van der Waals surface area contributed by atoms with Crippen molar-refractivity contribution in [3.05, 3.63) is 64.9 Å². The van der Waals surface area contributed by atoms with E-state index in [9.17, 15) is 18.0 Å². The summed E-state index contributed by atoms with van der Waals surface area (Å²) in [5, 5.41) is 8.81. The first-order valence-corrected chi connectivity index (χ1v) is 12.2. The van der Waals surface area contributed by atoms with Gasteiger partial charge in [0.15, 0.2) is 0 Å². The first-order valence-electron chi connectivity index (χ1n) is 9.77. The number of hydrogen-bond acceptors (Lipinski definition) is 7. The monoisotopic (exact) mass is 489 g/mol. The second-order valence-electron chi connectivity index (χ2n) is 6.77. The summed E-state index contributed by atoms with van der Waals surface area (Å²) < 4.78 is 38.6. The summed E-state index contributed by atoms with van der Waals surface area (Å²) >= 11 is 1.41. The normalized spacial score (nSPS) is 10.8. The molecule has 33 heavy (non-hydrogen) atoms. The largest absolute Gasteiger partial charge is 0.497 e. The molecule has 2 aromatic carbocycles. The second-order valence-corrected chi connectivity index (χ2v) is 9.20. The summed E-state index contributed by atoms with van der Waals surface area (Å²) in [4.78, 5) is 24.1. The Morgan fingerprint density at radius 2 is 1.70 bits per heavy atom. The van der Waals surface area contributed by atoms with Gasteiger partial charge in [0.05, 0.1) is 14.2 Å². The smallest absolute Gasteiger partial charge is 0.265 e. The minimum atomic E-state index is -4.01. The number of carbonyl (C=O) groups excluding carboxylic acids is 2. The van der Waals surface area contributed by atoms with Crippen molar-refractivity contribution >= 4 is 44.5 Å². The Balaban J connectivity index is 1.66. The molecule has 174 valence electrons. The molecule has 3 aromatic rings. The predicted octanol–water partition coefficient (Wildman–Crippen LogP) is 3.32. The first kappa shape index (κ1) is 24.1. The van der Waals surface area contributed by atoms with Gasteiger partial charge in [-0.25, -0.2) is 8.42 Å². The summed E-state index contributed by atoms with van der Waals surface area (Å²) in [6, 6.07) is 12.4. The van der Waals surface area contributed by atoms with Gasteiger partial charge in [-0.05, 0) is 53.9 Å². The maximum absolute atomic E-state index is 13.0. The molecule has 0 bridgehead atoms. The van der Waals surface area contributed by atoms with Crippen LogP contribution in [-0.4, -0.2) is 41.0 Å². The zero-order valence-electron chi connectivity index (χ0n) is 18.0. The third-order valence-corrected chi connectivity index (χ3v) is 6.59. The van der Waals surface area contributed by atoms with E-state index in [1.165, 1.54) is 43.8 Å². The average molecular weight is 490 g/mol. The number of nitrogens with one attached hydrogen (secondary N) is 3. The Morgan fingerprint density at radius 1 is 0.970 bits per heavy atom. The van der Waals surface area contributed by atoms with Gasteiger partial charge in [0.25, 0.3) is 15.9 Å². The van der Waals surface area contributed by atoms with Crippen LogP contribution in [-0.2, 0) is 14.8 Å². The highest BCUT2D eigenvalue weighted by Crippen LogP contribution is 2.29. The van der Waals surface area contributed by atoms with Crippen LogP contribution in [0, 0.1) is 0 Å². The standard InChI is InChI=1S/C22H23N3O6S2/c1-30-18-6-3-16(4-7-18)25-33(28,29)20-13-17(5-8-19(20)31-2)24-21(26)9-11-23-22(27)15-10-12-32-14-15/h3-8,10,12-14,25H,9,11H2,1-2H3,(H,23,27)(H,24,26). The number of sulfonamides is 1. The third kappa shape index (κ3) is 6.46. The highest BCUT2D eigenvalue weighted by Gasteiger charge is 2.21. The van der Waals surface area contributed by atoms with Gasteiger partial charge in [-0.2, -0.15) is 11.3 Å². The molecule has 0 aliphatic rings. The number of carbonyl (C=O) groups is 2. The lowest BCUT2D eigenvalue weighted by molar-refractivity contribution is -0.116. The van der Waals surface area contributed by atoms with Crippen LogP contribution in [0.4, 0.5) is 11.4 Å². The highest BCUT2D eigenvalue weighted by molar-refractivity contribution is 7.92. The van der Waals surface area contributed by atoms with Crippen LogP contribution in [0.3, 0.4) is 0 Å². The highest BCUT2D eigenvalue weighted by atomic mass is 32.2. The van der Waals surface area contributed by atoms with E-state index in [-0.39, 0.29) is 41.1 Å². The van der Waals surface area contributed by atoms with Gasteiger partial charge in [0, 0.05) is 35.3 Å². The van der Waals surface area contributed by atoms with E-state index < -0.39 is 10.0 Å². The molecule has 0 radical (unpaired) electrons. The summed E-state index contributed by atoms with van der Waals surface area (Å²) in [6.07, 6.45) is 0.0219. The van der Waals surface area contributed by atoms with Crippen LogP contribution < -0.4 is 24.8 Å². The molecule has 0 atom stereocenters. The molecule has 0 aliphatic heterocycles. The Bertz CT molecular complexity index is 1210. The van der Waals surface area contributed by atoms with Gasteiger partial charge >= 0.3 is 0 Å². The number of anilines is 2. The van der Waals surface area contributed by atoms with Crippen LogP contribution in [0.1, 0.15) is 16.8 Å². The molecule has 1 heterocycles. The fourth-order valence-corrected chi connectivity index (χ4v) is 4.73. The number of thiophene rings is 1. The second kappa shape index (κ2) is 10.8. The lowest BCUT2D eigenvalue weighted by Gasteiger charge is -2.14. The van der Waals surface area contributed by atoms with Crippen molar-refractivity contribution < 1.29 is 27.5 Å². The maximum Gasteiger partial charge on any atom is 0.265 e. The van der Waals surface area contributed by atoms with E-state index in [1.807, 2.05) is 0 Å². The maximum atomic E-state index is 13.0. The molecule has 0 fully saturated rings. The summed E-state index contributed by atoms with van der Waals surface area (Å²) in [5.74, 6) is 0.0764. The topological polar surface area (TPSA) is 123 Å². The molecule has 1 aromatic heterocycles. The van der Waals surface area contributed by atoms with Gasteiger partial charge < -0.3 is 20.1 Å². The number of amides is 2. The van der Waals surface area contributed by atoms with Crippen LogP contribution in [0.2, 0.25) is 0 Å². The van der Waals surface area contributed by atoms with Crippen molar-refractivity contribution in [3.8, 4) is 11.5 Å². The Labute approximate surface area is 195 Å². The zero-order valence-corrected chi connectivity index (χ0v) is 19.6. The number of methoxy groups -OCH3 is 2. The molecule has 2 amide bonds. The lowest BCUT2D eigenvalue weighted by atomic mass is 10.2. The fourth-order valence-electron chi connectivity index (χ4n) is 2.84. The Hall–Kier alpha value is -3.57. The molecule has 9 nitrogen and oxygen atoms in total. The summed E-state index contributed by atoms with van der Waals surface area (Å²) in [5.41, 5.74) is 1.16. The molecule has 0 spiro atoms. The molecule has 0 saturated heterocycles. The van der Waals surface area contributed by atoms with Crippen molar-refractivity contribution in [2.24, 2.45) is 0 Å². The van der Waals surface area contributed by atoms with Gasteiger partial charge in [0.2, 0.25) is 5.91 Å². The fraction of sp³-hybridized carbons (Fsp3) is 0.182. The van der Waals surface area contributed by atoms with Crippen molar-refractivity contribution in [2.75, 3.05) is 30.8 Å². The van der Waals surface area contributed by atoms with Crippen LogP contribution >= 0.6 is 11.3 Å². The SMILES string of the molecule is COc1ccc(NS(=O)(=O)c2cc(NC(=O)CCNC(=O)c3ccsc3)ccc2OC)cc1. The van der Waals surface area contributed by atoms with E-state index in [1.54, 1.807) is 41.1 Å². The summed E-state index contributed by atoms with van der Waals surface area (Å²) in [7, 11) is -1.14. The zero-order chi connectivity index (χ0) is 23.8. The molecule has 11 heteroatoms. The van der Waals surface area contributed by atoms with Crippen molar-refractivity contribution in [1.82, 2.24) is 5.32 Å². The van der Waals surface area contributed by atoms with Crippen LogP contribution in [0.25, 0.3) is 0 Å². The van der Waals surface area contributed by atoms with Crippen molar-refractivity contribution in [3.63, 3.8) is 0 Å². The molecule has 0 unspecified atom stereocenters. The van der Waals surface area contributed by atoms with Crippen LogP contribution in [0.15, 0.2) is 64.2 Å². The minimum absolute atomic E-state index is 0.0219. The van der Waals surface area contributed by atoms with Gasteiger partial charge in [-0.1, -0.05) is 0 Å². The summed E-state index contributed by atoms with van der Waals surface area (Å²) in [6.45, 7) is 0.140. The lowest BCUT2D eigenvalue weighted by Crippen LogP contribution is -2.27. The van der Waals surface area contributed by atoms with E-state index >= 15 is 0 Å². The number of benzene rings is 2. The molecular weight excluding hydrogens is 466 g/mol. The van der Waals surface area contributed by atoms with Crippen molar-refractivity contribution in [2.45, 2.75) is 11.3 Å². The molecular formula is C22H23N3O6S2. The molecule has 3 N–H and O–H groups in total. The van der Waals surface area contributed by atoms with E-state index in [2.05, 4.69) is 15.4 Å². The van der Waals surface area contributed by atoms with Gasteiger partial charge in [-0.3, -0.25) is 14.3 Å². The van der Waals surface area contributed by atoms with Crippen LogP contribution in [0.5, 0.6) is 11.5 Å². The minimum Gasteiger partial charge on any atom is -0.497 e. The molecule has 3 rings (SSSR count).